The molecule has 2 aromatic carbocycles. The zero-order valence-corrected chi connectivity index (χ0v) is 11.8. The molecule has 2 aromatic rings. The molecule has 0 unspecified atom stereocenters. The molecule has 20 heavy (non-hydrogen) atoms. The second-order valence-corrected chi connectivity index (χ2v) is 4.90. The third kappa shape index (κ3) is 3.51. The van der Waals surface area contributed by atoms with Crippen LogP contribution in [0.3, 0.4) is 0 Å². The first-order valence-corrected chi connectivity index (χ1v) is 6.81. The lowest BCUT2D eigenvalue weighted by Crippen LogP contribution is -2.29. The van der Waals surface area contributed by atoms with Crippen molar-refractivity contribution in [2.75, 3.05) is 18.0 Å². The van der Waals surface area contributed by atoms with Gasteiger partial charge in [0.1, 0.15) is 0 Å². The average molecular weight is 286 g/mol. The van der Waals surface area contributed by atoms with Gasteiger partial charge in [-0.2, -0.15) is 5.26 Å². The van der Waals surface area contributed by atoms with Crippen LogP contribution in [0.5, 0.6) is 0 Å². The van der Waals surface area contributed by atoms with E-state index in [9.17, 15) is 5.26 Å². The Labute approximate surface area is 124 Å². The van der Waals surface area contributed by atoms with Crippen LogP contribution in [-0.4, -0.2) is 13.1 Å². The lowest BCUT2D eigenvalue weighted by molar-refractivity contribution is 0.789. The molecule has 0 aliphatic carbocycles. The monoisotopic (exact) mass is 285 g/mol. The molecule has 2 rings (SSSR count). The second kappa shape index (κ2) is 6.95. The van der Waals surface area contributed by atoms with Crippen LogP contribution < -0.4 is 10.6 Å². The van der Waals surface area contributed by atoms with Crippen molar-refractivity contribution in [3.63, 3.8) is 0 Å². The van der Waals surface area contributed by atoms with Gasteiger partial charge in [0.15, 0.2) is 0 Å². The summed E-state index contributed by atoms with van der Waals surface area (Å²) in [6.45, 7) is 1.89. The van der Waals surface area contributed by atoms with Gasteiger partial charge in [-0.1, -0.05) is 29.8 Å². The van der Waals surface area contributed by atoms with Crippen LogP contribution in [0.2, 0.25) is 5.02 Å². The number of para-hydroxylation sites is 1. The fourth-order valence-corrected chi connectivity index (χ4v) is 2.30. The Morgan fingerprint density at radius 3 is 2.55 bits per heavy atom. The van der Waals surface area contributed by atoms with Crippen molar-refractivity contribution in [2.24, 2.45) is 5.73 Å². The molecule has 0 aliphatic rings. The molecule has 0 amide bonds. The van der Waals surface area contributed by atoms with Crippen molar-refractivity contribution < 1.29 is 0 Å². The number of benzene rings is 2. The molecule has 0 aliphatic heterocycles. The van der Waals surface area contributed by atoms with E-state index in [4.69, 9.17) is 17.3 Å². The first-order chi connectivity index (χ1) is 9.74. The zero-order valence-electron chi connectivity index (χ0n) is 11.1. The fourth-order valence-electron chi connectivity index (χ4n) is 2.10. The van der Waals surface area contributed by atoms with Gasteiger partial charge in [0.25, 0.3) is 0 Å². The Hall–Kier alpha value is -2.02. The Morgan fingerprint density at radius 2 is 1.90 bits per heavy atom. The Morgan fingerprint density at radius 1 is 1.15 bits per heavy atom. The maximum atomic E-state index is 9.19. The van der Waals surface area contributed by atoms with E-state index < -0.39 is 0 Å². The third-order valence-electron chi connectivity index (χ3n) is 3.07. The van der Waals surface area contributed by atoms with E-state index >= 15 is 0 Å². The molecule has 3 nitrogen and oxygen atoms in total. The summed E-state index contributed by atoms with van der Waals surface area (Å²) in [4.78, 5) is 2.15. The Balaban J connectivity index is 2.29. The smallest absolute Gasteiger partial charge is 0.0995 e. The van der Waals surface area contributed by atoms with Crippen LogP contribution >= 0.6 is 11.6 Å². The standard InChI is InChI=1S/C16H16ClN3/c17-15-7-6-13(11-19)14(10-15)12-20(9-8-18)16-4-2-1-3-5-16/h1-7,10H,8-9,12,18H2. The van der Waals surface area contributed by atoms with Crippen molar-refractivity contribution in [3.8, 4) is 6.07 Å². The molecule has 0 heterocycles. The maximum Gasteiger partial charge on any atom is 0.0995 e. The van der Waals surface area contributed by atoms with Gasteiger partial charge >= 0.3 is 0 Å². The number of hydrogen-bond donors (Lipinski definition) is 1. The normalized spacial score (nSPS) is 10.1. The summed E-state index contributed by atoms with van der Waals surface area (Å²) in [6.07, 6.45) is 0. The van der Waals surface area contributed by atoms with Crippen LogP contribution in [0.25, 0.3) is 0 Å². The van der Waals surface area contributed by atoms with Crippen LogP contribution in [0.15, 0.2) is 48.5 Å². The topological polar surface area (TPSA) is 53.0 Å². The van der Waals surface area contributed by atoms with E-state index in [2.05, 4.69) is 11.0 Å². The Kier molecular flexibility index (Phi) is 5.00. The third-order valence-corrected chi connectivity index (χ3v) is 3.30. The van der Waals surface area contributed by atoms with Crippen molar-refractivity contribution >= 4 is 17.3 Å². The van der Waals surface area contributed by atoms with Gasteiger partial charge in [0.05, 0.1) is 11.6 Å². The first-order valence-electron chi connectivity index (χ1n) is 6.43. The highest BCUT2D eigenvalue weighted by Gasteiger charge is 2.10. The predicted octanol–water partition coefficient (Wildman–Crippen LogP) is 3.18. The summed E-state index contributed by atoms with van der Waals surface area (Å²) in [7, 11) is 0. The highest BCUT2D eigenvalue weighted by Crippen LogP contribution is 2.21. The van der Waals surface area contributed by atoms with E-state index in [1.54, 1.807) is 12.1 Å². The van der Waals surface area contributed by atoms with Gasteiger partial charge in [-0.25, -0.2) is 0 Å². The highest BCUT2D eigenvalue weighted by atomic mass is 35.5. The molecule has 0 atom stereocenters. The molecule has 0 spiro atoms. The molecular formula is C16H16ClN3. The van der Waals surface area contributed by atoms with Gasteiger partial charge in [-0.05, 0) is 35.9 Å². The molecule has 0 saturated carbocycles. The fraction of sp³-hybridized carbons (Fsp3) is 0.188. The molecule has 0 radical (unpaired) electrons. The summed E-state index contributed by atoms with van der Waals surface area (Å²) in [5.41, 5.74) is 8.33. The molecule has 0 saturated heterocycles. The van der Waals surface area contributed by atoms with Crippen LogP contribution in [0.1, 0.15) is 11.1 Å². The van der Waals surface area contributed by atoms with Gasteiger partial charge in [0.2, 0.25) is 0 Å². The maximum absolute atomic E-state index is 9.19. The number of nitrogens with zero attached hydrogens (tertiary/aromatic N) is 2. The molecule has 4 heteroatoms. The number of rotatable bonds is 5. The lowest BCUT2D eigenvalue weighted by Gasteiger charge is -2.24. The largest absolute Gasteiger partial charge is 0.366 e. The van der Waals surface area contributed by atoms with Gasteiger partial charge < -0.3 is 10.6 Å². The molecule has 102 valence electrons. The van der Waals surface area contributed by atoms with Crippen molar-refractivity contribution in [1.82, 2.24) is 0 Å². The molecule has 2 N–H and O–H groups in total. The molecule has 0 bridgehead atoms. The van der Waals surface area contributed by atoms with Crippen LogP contribution in [-0.2, 0) is 6.54 Å². The number of anilines is 1. The number of hydrogen-bond acceptors (Lipinski definition) is 3. The minimum atomic E-state index is 0.553. The molecular weight excluding hydrogens is 270 g/mol. The summed E-state index contributed by atoms with van der Waals surface area (Å²) in [6, 6.07) is 17.6. The van der Waals surface area contributed by atoms with Gasteiger partial charge in [-0.15, -0.1) is 0 Å². The van der Waals surface area contributed by atoms with Crippen molar-refractivity contribution in [3.05, 3.63) is 64.7 Å². The minimum absolute atomic E-state index is 0.553. The summed E-state index contributed by atoms with van der Waals surface area (Å²) < 4.78 is 0. The minimum Gasteiger partial charge on any atom is -0.366 e. The van der Waals surface area contributed by atoms with E-state index in [-0.39, 0.29) is 0 Å². The molecule has 0 fully saturated rings. The van der Waals surface area contributed by atoms with Crippen LogP contribution in [0, 0.1) is 11.3 Å². The summed E-state index contributed by atoms with van der Waals surface area (Å²) in [5, 5.41) is 9.83. The number of halogens is 1. The Bertz CT molecular complexity index is 605. The van der Waals surface area contributed by atoms with E-state index in [1.165, 1.54) is 0 Å². The number of nitrogens with two attached hydrogens (primary N) is 1. The second-order valence-electron chi connectivity index (χ2n) is 4.46. The van der Waals surface area contributed by atoms with E-state index in [0.717, 1.165) is 17.8 Å². The van der Waals surface area contributed by atoms with E-state index in [1.807, 2.05) is 36.4 Å². The van der Waals surface area contributed by atoms with E-state index in [0.29, 0.717) is 23.7 Å². The molecule has 0 aromatic heterocycles. The van der Waals surface area contributed by atoms with Gasteiger partial charge in [0, 0.05) is 30.3 Å². The first kappa shape index (κ1) is 14.4. The zero-order chi connectivity index (χ0) is 14.4. The number of nitriles is 1. The van der Waals surface area contributed by atoms with Crippen molar-refractivity contribution in [1.29, 1.82) is 5.26 Å². The quantitative estimate of drug-likeness (QED) is 0.918. The van der Waals surface area contributed by atoms with Crippen molar-refractivity contribution in [2.45, 2.75) is 6.54 Å². The van der Waals surface area contributed by atoms with Gasteiger partial charge in [-0.3, -0.25) is 0 Å². The summed E-state index contributed by atoms with van der Waals surface area (Å²) >= 11 is 6.03. The highest BCUT2D eigenvalue weighted by molar-refractivity contribution is 6.30. The summed E-state index contributed by atoms with van der Waals surface area (Å²) in [5.74, 6) is 0. The predicted molar refractivity (Wildman–Crippen MR) is 82.7 cm³/mol. The lowest BCUT2D eigenvalue weighted by atomic mass is 10.1. The average Bonchev–Trinajstić information content (AvgIpc) is 2.48. The SMILES string of the molecule is N#Cc1ccc(Cl)cc1CN(CCN)c1ccccc1. The van der Waals surface area contributed by atoms with Crippen LogP contribution in [0.4, 0.5) is 5.69 Å².